The number of ether oxygens (including phenoxy) is 1. The molecular formula is C19H19N3O5S2. The highest BCUT2D eigenvalue weighted by molar-refractivity contribution is 7.89. The zero-order valence-electron chi connectivity index (χ0n) is 15.8. The van der Waals surface area contributed by atoms with Gasteiger partial charge in [0.2, 0.25) is 10.0 Å². The Kier molecular flexibility index (Phi) is 6.26. The minimum absolute atomic E-state index is 0.0413. The largest absolute Gasteiger partial charge is 0.495 e. The molecule has 0 saturated heterocycles. The Morgan fingerprint density at radius 1 is 1.21 bits per heavy atom. The fourth-order valence-electron chi connectivity index (χ4n) is 2.78. The average molecular weight is 434 g/mol. The Hall–Kier alpha value is -2.82. The Morgan fingerprint density at radius 2 is 1.93 bits per heavy atom. The van der Waals surface area contributed by atoms with Gasteiger partial charge >= 0.3 is 0 Å². The van der Waals surface area contributed by atoms with Gasteiger partial charge in [-0.25, -0.2) is 18.1 Å². The lowest BCUT2D eigenvalue weighted by atomic mass is 10.1. The second kappa shape index (κ2) is 8.68. The number of aromatic nitrogens is 1. The van der Waals surface area contributed by atoms with Crippen LogP contribution >= 0.6 is 11.3 Å². The zero-order chi connectivity index (χ0) is 21.0. The van der Waals surface area contributed by atoms with E-state index in [1.807, 2.05) is 37.3 Å². The van der Waals surface area contributed by atoms with Crippen molar-refractivity contribution in [2.75, 3.05) is 13.7 Å². The lowest BCUT2D eigenvalue weighted by Gasteiger charge is -2.10. The Bertz CT molecular complexity index is 1130. The molecule has 0 atom stereocenters. The highest BCUT2D eigenvalue weighted by atomic mass is 32.2. The summed E-state index contributed by atoms with van der Waals surface area (Å²) in [5.41, 5.74) is 1.57. The molecule has 0 saturated carbocycles. The monoisotopic (exact) mass is 433 g/mol. The molecule has 0 amide bonds. The molecule has 1 aromatic heterocycles. The van der Waals surface area contributed by atoms with Crippen LogP contribution < -0.4 is 9.46 Å². The number of nitrogens with zero attached hydrogens (tertiary/aromatic N) is 2. The summed E-state index contributed by atoms with van der Waals surface area (Å²) in [4.78, 5) is 15.7. The standard InChI is InChI=1S/C19H19N3O5S2/c1-13-19(14-6-4-3-5-7-14)21-18(28-13)10-11-20-29(25,26)17-12-15(22(23)24)8-9-16(17)27-2/h3-9,12,20H,10-11H2,1-2H3. The van der Waals surface area contributed by atoms with Crippen molar-refractivity contribution in [3.63, 3.8) is 0 Å². The van der Waals surface area contributed by atoms with Crippen LogP contribution in [0.1, 0.15) is 9.88 Å². The number of nitrogens with one attached hydrogen (secondary N) is 1. The summed E-state index contributed by atoms with van der Waals surface area (Å²) >= 11 is 1.51. The van der Waals surface area contributed by atoms with Crippen LogP contribution in [0.5, 0.6) is 5.75 Å². The van der Waals surface area contributed by atoms with E-state index in [-0.39, 0.29) is 22.9 Å². The summed E-state index contributed by atoms with van der Waals surface area (Å²) in [7, 11) is -2.68. The lowest BCUT2D eigenvalue weighted by molar-refractivity contribution is -0.385. The van der Waals surface area contributed by atoms with Crippen molar-refractivity contribution in [1.29, 1.82) is 0 Å². The topological polar surface area (TPSA) is 111 Å². The Morgan fingerprint density at radius 3 is 2.59 bits per heavy atom. The van der Waals surface area contributed by atoms with Gasteiger partial charge in [0.05, 0.1) is 22.7 Å². The van der Waals surface area contributed by atoms with Crippen molar-refractivity contribution < 1.29 is 18.1 Å². The van der Waals surface area contributed by atoms with Gasteiger partial charge in [-0.3, -0.25) is 10.1 Å². The van der Waals surface area contributed by atoms with Crippen LogP contribution in [0.3, 0.4) is 0 Å². The zero-order valence-corrected chi connectivity index (χ0v) is 17.4. The van der Waals surface area contributed by atoms with Crippen LogP contribution in [-0.4, -0.2) is 32.0 Å². The van der Waals surface area contributed by atoms with E-state index in [0.717, 1.165) is 27.2 Å². The predicted molar refractivity (Wildman–Crippen MR) is 111 cm³/mol. The highest BCUT2D eigenvalue weighted by Crippen LogP contribution is 2.29. The number of methoxy groups -OCH3 is 1. The third kappa shape index (κ3) is 4.78. The fourth-order valence-corrected chi connectivity index (χ4v) is 4.95. The van der Waals surface area contributed by atoms with Crippen molar-refractivity contribution in [3.8, 4) is 17.0 Å². The number of nitro groups is 1. The molecule has 3 aromatic rings. The fraction of sp³-hybridized carbons (Fsp3) is 0.211. The maximum Gasteiger partial charge on any atom is 0.271 e. The second-order valence-electron chi connectivity index (χ2n) is 6.12. The molecule has 0 aliphatic heterocycles. The van der Waals surface area contributed by atoms with Crippen LogP contribution in [0.4, 0.5) is 5.69 Å². The van der Waals surface area contributed by atoms with Gasteiger partial charge in [0.15, 0.2) is 0 Å². The van der Waals surface area contributed by atoms with E-state index in [4.69, 9.17) is 4.74 Å². The molecule has 0 unspecified atom stereocenters. The normalized spacial score (nSPS) is 11.4. The van der Waals surface area contributed by atoms with Gasteiger partial charge in [-0.15, -0.1) is 11.3 Å². The summed E-state index contributed by atoms with van der Waals surface area (Å²) in [6.45, 7) is 2.08. The molecule has 0 spiro atoms. The number of aryl methyl sites for hydroxylation is 1. The lowest BCUT2D eigenvalue weighted by Crippen LogP contribution is -2.26. The van der Waals surface area contributed by atoms with Crippen LogP contribution in [0.2, 0.25) is 0 Å². The van der Waals surface area contributed by atoms with Crippen LogP contribution in [0.25, 0.3) is 11.3 Å². The summed E-state index contributed by atoms with van der Waals surface area (Å²) in [6.07, 6.45) is 0.398. The predicted octanol–water partition coefficient (Wildman–Crippen LogP) is 3.56. The molecule has 0 fully saturated rings. The quantitative estimate of drug-likeness (QED) is 0.429. The van der Waals surface area contributed by atoms with E-state index in [9.17, 15) is 18.5 Å². The SMILES string of the molecule is COc1ccc([N+](=O)[O-])cc1S(=O)(=O)NCCc1nc(-c2ccccc2)c(C)s1. The van der Waals surface area contributed by atoms with Crippen molar-refractivity contribution in [3.05, 3.63) is 68.5 Å². The molecule has 3 rings (SSSR count). The Balaban J connectivity index is 1.74. The molecule has 0 radical (unpaired) electrons. The molecule has 0 aliphatic carbocycles. The third-order valence-corrected chi connectivity index (χ3v) is 6.68. The van der Waals surface area contributed by atoms with Crippen LogP contribution in [0.15, 0.2) is 53.4 Å². The van der Waals surface area contributed by atoms with Crippen LogP contribution in [-0.2, 0) is 16.4 Å². The molecule has 0 bridgehead atoms. The maximum atomic E-state index is 12.6. The van der Waals surface area contributed by atoms with Gasteiger partial charge in [-0.1, -0.05) is 30.3 Å². The summed E-state index contributed by atoms with van der Waals surface area (Å²) in [5, 5.41) is 11.8. The molecule has 29 heavy (non-hydrogen) atoms. The molecule has 8 nitrogen and oxygen atoms in total. The van der Waals surface area contributed by atoms with Gasteiger partial charge in [0.25, 0.3) is 5.69 Å². The Labute approximate surface area is 172 Å². The van der Waals surface area contributed by atoms with Gasteiger partial charge in [-0.05, 0) is 13.0 Å². The molecule has 1 heterocycles. The first-order chi connectivity index (χ1) is 13.8. The number of thiazole rings is 1. The van der Waals surface area contributed by atoms with Crippen molar-refractivity contribution in [2.45, 2.75) is 18.2 Å². The number of hydrogen-bond acceptors (Lipinski definition) is 7. The molecular weight excluding hydrogens is 414 g/mol. The van der Waals surface area contributed by atoms with Gasteiger partial charge in [0, 0.05) is 35.5 Å². The summed E-state index contributed by atoms with van der Waals surface area (Å²) in [5.74, 6) is 0.0413. The third-order valence-electron chi connectivity index (χ3n) is 4.17. The maximum absolute atomic E-state index is 12.6. The number of hydrogen-bond donors (Lipinski definition) is 1. The molecule has 0 aliphatic rings. The van der Waals surface area contributed by atoms with Crippen molar-refractivity contribution >= 4 is 27.0 Å². The average Bonchev–Trinajstić information content (AvgIpc) is 3.08. The molecule has 1 N–H and O–H groups in total. The second-order valence-corrected chi connectivity index (χ2v) is 9.14. The van der Waals surface area contributed by atoms with E-state index in [1.54, 1.807) is 0 Å². The van der Waals surface area contributed by atoms with Gasteiger partial charge < -0.3 is 4.74 Å². The minimum Gasteiger partial charge on any atom is -0.495 e. The van der Waals surface area contributed by atoms with Crippen molar-refractivity contribution in [2.24, 2.45) is 0 Å². The van der Waals surface area contributed by atoms with E-state index in [1.165, 1.54) is 30.6 Å². The van der Waals surface area contributed by atoms with Gasteiger partial charge in [0.1, 0.15) is 10.6 Å². The molecule has 10 heteroatoms. The molecule has 152 valence electrons. The van der Waals surface area contributed by atoms with E-state index >= 15 is 0 Å². The van der Waals surface area contributed by atoms with E-state index in [2.05, 4.69) is 9.71 Å². The van der Waals surface area contributed by atoms with Crippen LogP contribution in [0, 0.1) is 17.0 Å². The first-order valence-corrected chi connectivity index (χ1v) is 11.0. The van der Waals surface area contributed by atoms with Crippen molar-refractivity contribution in [1.82, 2.24) is 9.71 Å². The first kappa shape index (κ1) is 20.9. The first-order valence-electron chi connectivity index (χ1n) is 8.65. The summed E-state index contributed by atoms with van der Waals surface area (Å²) < 4.78 is 32.8. The van der Waals surface area contributed by atoms with E-state index in [0.29, 0.717) is 6.42 Å². The smallest absolute Gasteiger partial charge is 0.271 e. The number of rotatable bonds is 8. The summed E-state index contributed by atoms with van der Waals surface area (Å²) in [6, 6.07) is 13.2. The number of benzene rings is 2. The van der Waals surface area contributed by atoms with E-state index < -0.39 is 14.9 Å². The molecule has 2 aromatic carbocycles. The number of sulfonamides is 1. The minimum atomic E-state index is -3.99. The van der Waals surface area contributed by atoms with Gasteiger partial charge in [-0.2, -0.15) is 0 Å². The number of non-ortho nitro benzene ring substituents is 1. The number of nitro benzene ring substituents is 1. The highest BCUT2D eigenvalue weighted by Gasteiger charge is 2.23.